The molecule has 108 valence electrons. The third-order valence-corrected chi connectivity index (χ3v) is 2.61. The molecule has 0 rings (SSSR count). The van der Waals surface area contributed by atoms with E-state index in [4.69, 9.17) is 5.73 Å². The molecule has 0 saturated carbocycles. The molecule has 0 bridgehead atoms. The molecule has 0 spiro atoms. The Labute approximate surface area is 115 Å². The van der Waals surface area contributed by atoms with Crippen LogP contribution in [-0.2, 0) is 14.3 Å². The van der Waals surface area contributed by atoms with E-state index in [-0.39, 0.29) is 24.7 Å². The van der Waals surface area contributed by atoms with E-state index in [9.17, 15) is 9.59 Å². The fourth-order valence-corrected chi connectivity index (χ4v) is 1.53. The highest BCUT2D eigenvalue weighted by Crippen LogP contribution is 2.01. The number of Topliss-reactive ketones (excluding diaryl/α,β-unsaturated/α-hetero) is 1. The monoisotopic (exact) mass is 267 g/mol. The number of unbranched alkanes of at least 4 members (excludes halogenated alkanes) is 3. The van der Waals surface area contributed by atoms with Crippen molar-refractivity contribution < 1.29 is 14.3 Å². The molecule has 0 unspecified atom stereocenters. The summed E-state index contributed by atoms with van der Waals surface area (Å²) in [5, 5.41) is 0. The lowest BCUT2D eigenvalue weighted by Gasteiger charge is -2.04. The summed E-state index contributed by atoms with van der Waals surface area (Å²) < 4.78 is 4.42. The minimum Gasteiger partial charge on any atom is -0.469 e. The third kappa shape index (κ3) is 11.4. The van der Waals surface area contributed by atoms with Crippen LogP contribution in [0.15, 0.2) is 24.3 Å². The Morgan fingerprint density at radius 3 is 2.63 bits per heavy atom. The second-order valence-electron chi connectivity index (χ2n) is 4.47. The molecule has 0 heterocycles. The van der Waals surface area contributed by atoms with E-state index in [2.05, 4.69) is 17.7 Å². The van der Waals surface area contributed by atoms with E-state index in [1.54, 1.807) is 6.08 Å². The quantitative estimate of drug-likeness (QED) is 0.286. The van der Waals surface area contributed by atoms with Crippen LogP contribution in [-0.4, -0.2) is 24.9 Å². The predicted molar refractivity (Wildman–Crippen MR) is 76.7 cm³/mol. The van der Waals surface area contributed by atoms with Gasteiger partial charge < -0.3 is 10.5 Å². The molecule has 2 N–H and O–H groups in total. The Hall–Kier alpha value is -1.42. The first kappa shape index (κ1) is 17.6. The molecule has 0 aliphatic rings. The Bertz CT molecular complexity index is 321. The Morgan fingerprint density at radius 2 is 2.00 bits per heavy atom. The predicted octanol–water partition coefficient (Wildman–Crippen LogP) is 2.53. The highest BCUT2D eigenvalue weighted by Gasteiger charge is 2.11. The number of nitrogens with two attached hydrogens (primary N) is 1. The van der Waals surface area contributed by atoms with Gasteiger partial charge in [0.2, 0.25) is 0 Å². The van der Waals surface area contributed by atoms with Crippen LogP contribution in [0.1, 0.15) is 45.4 Å². The summed E-state index contributed by atoms with van der Waals surface area (Å²) in [4.78, 5) is 22.3. The van der Waals surface area contributed by atoms with Gasteiger partial charge in [-0.05, 0) is 12.8 Å². The van der Waals surface area contributed by atoms with Crippen LogP contribution in [0.25, 0.3) is 0 Å². The van der Waals surface area contributed by atoms with E-state index in [1.807, 2.05) is 12.2 Å². The lowest BCUT2D eigenvalue weighted by atomic mass is 10.1. The first-order chi connectivity index (χ1) is 9.10. The van der Waals surface area contributed by atoms with Gasteiger partial charge in [0.05, 0.1) is 7.11 Å². The van der Waals surface area contributed by atoms with Crippen LogP contribution < -0.4 is 5.73 Å². The number of ketones is 1. The van der Waals surface area contributed by atoms with E-state index >= 15 is 0 Å². The third-order valence-electron chi connectivity index (χ3n) is 2.61. The van der Waals surface area contributed by atoms with Crippen molar-refractivity contribution in [3.05, 3.63) is 24.3 Å². The zero-order valence-corrected chi connectivity index (χ0v) is 11.9. The van der Waals surface area contributed by atoms with E-state index in [0.29, 0.717) is 0 Å². The van der Waals surface area contributed by atoms with Gasteiger partial charge in [-0.15, -0.1) is 0 Å². The Kier molecular flexibility index (Phi) is 10.8. The Morgan fingerprint density at radius 1 is 1.26 bits per heavy atom. The summed E-state index contributed by atoms with van der Waals surface area (Å²) in [5.41, 5.74) is 5.76. The molecule has 4 heteroatoms. The molecule has 0 aromatic heterocycles. The number of carbonyl (C=O) groups excluding carboxylic acids is 2. The zero-order chi connectivity index (χ0) is 14.5. The molecule has 0 radical (unpaired) electrons. The van der Waals surface area contributed by atoms with Gasteiger partial charge in [-0.1, -0.05) is 44.1 Å². The number of carbonyl (C=O) groups is 2. The van der Waals surface area contributed by atoms with Crippen molar-refractivity contribution in [2.45, 2.75) is 51.5 Å². The first-order valence-electron chi connectivity index (χ1n) is 6.77. The van der Waals surface area contributed by atoms with Gasteiger partial charge in [-0.2, -0.15) is 0 Å². The van der Waals surface area contributed by atoms with Gasteiger partial charge in [0.1, 0.15) is 12.2 Å². The number of allylic oxidation sites excluding steroid dienone is 3. The van der Waals surface area contributed by atoms with Crippen LogP contribution in [0.5, 0.6) is 0 Å². The van der Waals surface area contributed by atoms with Crippen molar-refractivity contribution in [3.63, 3.8) is 0 Å². The summed E-state index contributed by atoms with van der Waals surface area (Å²) in [6.45, 7) is 2.17. The average molecular weight is 267 g/mol. The van der Waals surface area contributed by atoms with Gasteiger partial charge in [0, 0.05) is 12.5 Å². The SMILES string of the molecule is CCCCC/C=C/C=C/[C@H](N)CC(=O)CC(=O)OC. The van der Waals surface area contributed by atoms with Crippen molar-refractivity contribution in [3.8, 4) is 0 Å². The van der Waals surface area contributed by atoms with Gasteiger partial charge in [0.15, 0.2) is 0 Å². The molecule has 0 fully saturated rings. The maximum atomic E-state index is 11.4. The van der Waals surface area contributed by atoms with Crippen LogP contribution in [0.3, 0.4) is 0 Å². The minimum atomic E-state index is -0.517. The van der Waals surface area contributed by atoms with Gasteiger partial charge in [-0.3, -0.25) is 9.59 Å². The van der Waals surface area contributed by atoms with Crippen LogP contribution >= 0.6 is 0 Å². The molecule has 4 nitrogen and oxygen atoms in total. The molecule has 0 aliphatic carbocycles. The molecule has 0 aliphatic heterocycles. The van der Waals surface area contributed by atoms with Gasteiger partial charge >= 0.3 is 5.97 Å². The molecule has 0 aromatic carbocycles. The molecule has 19 heavy (non-hydrogen) atoms. The molecular formula is C15H25NO3. The minimum absolute atomic E-state index is 0.162. The molecular weight excluding hydrogens is 242 g/mol. The lowest BCUT2D eigenvalue weighted by molar-refractivity contribution is -0.143. The number of hydrogen-bond acceptors (Lipinski definition) is 4. The smallest absolute Gasteiger partial charge is 0.313 e. The number of methoxy groups -OCH3 is 1. The average Bonchev–Trinajstić information content (AvgIpc) is 2.37. The number of rotatable bonds is 10. The van der Waals surface area contributed by atoms with Gasteiger partial charge in [-0.25, -0.2) is 0 Å². The molecule has 0 saturated heterocycles. The summed E-state index contributed by atoms with van der Waals surface area (Å²) >= 11 is 0. The lowest BCUT2D eigenvalue weighted by Crippen LogP contribution is -2.22. The summed E-state index contributed by atoms with van der Waals surface area (Å²) in [5.74, 6) is -0.715. The van der Waals surface area contributed by atoms with Gasteiger partial charge in [0.25, 0.3) is 0 Å². The Balaban J connectivity index is 3.80. The summed E-state index contributed by atoms with van der Waals surface area (Å²) in [7, 11) is 1.26. The van der Waals surface area contributed by atoms with Crippen molar-refractivity contribution >= 4 is 11.8 Å². The standard InChI is InChI=1S/C15H25NO3/c1-3-4-5-6-7-8-9-10-13(16)11-14(17)12-15(18)19-2/h7-10,13H,3-6,11-12,16H2,1-2H3/b8-7+,10-9+/t13-/m0/s1. The largest absolute Gasteiger partial charge is 0.469 e. The fourth-order valence-electron chi connectivity index (χ4n) is 1.53. The highest BCUT2D eigenvalue weighted by molar-refractivity contribution is 5.95. The van der Waals surface area contributed by atoms with E-state index in [0.717, 1.165) is 6.42 Å². The van der Waals surface area contributed by atoms with Crippen molar-refractivity contribution in [1.29, 1.82) is 0 Å². The summed E-state index contributed by atoms with van der Waals surface area (Å²) in [6.07, 6.45) is 12.3. The molecule has 0 aromatic rings. The van der Waals surface area contributed by atoms with Crippen LogP contribution in [0.4, 0.5) is 0 Å². The second-order valence-corrected chi connectivity index (χ2v) is 4.47. The second kappa shape index (κ2) is 11.7. The first-order valence-corrected chi connectivity index (χ1v) is 6.77. The van der Waals surface area contributed by atoms with Crippen molar-refractivity contribution in [2.75, 3.05) is 7.11 Å². The normalized spacial score (nSPS) is 13.0. The maximum Gasteiger partial charge on any atom is 0.313 e. The zero-order valence-electron chi connectivity index (χ0n) is 11.9. The highest BCUT2D eigenvalue weighted by atomic mass is 16.5. The number of ether oxygens (including phenoxy) is 1. The van der Waals surface area contributed by atoms with Crippen LogP contribution in [0, 0.1) is 0 Å². The van der Waals surface area contributed by atoms with Crippen molar-refractivity contribution in [1.82, 2.24) is 0 Å². The van der Waals surface area contributed by atoms with Crippen molar-refractivity contribution in [2.24, 2.45) is 5.73 Å². The topological polar surface area (TPSA) is 69.4 Å². The maximum absolute atomic E-state index is 11.4. The van der Waals surface area contributed by atoms with E-state index in [1.165, 1.54) is 26.4 Å². The number of esters is 1. The van der Waals surface area contributed by atoms with E-state index < -0.39 is 5.97 Å². The fraction of sp³-hybridized carbons (Fsp3) is 0.600. The number of hydrogen-bond donors (Lipinski definition) is 1. The molecule has 1 atom stereocenters. The summed E-state index contributed by atoms with van der Waals surface area (Å²) in [6, 6.07) is -0.350. The van der Waals surface area contributed by atoms with Crippen LogP contribution in [0.2, 0.25) is 0 Å². The molecule has 0 amide bonds.